The molecule has 0 radical (unpaired) electrons. The van der Waals surface area contributed by atoms with Gasteiger partial charge in [0.2, 0.25) is 5.91 Å². The maximum Gasteiger partial charge on any atom is 0.248 e. The molecule has 174 valence electrons. The molecular weight excluding hydrogens is 424 g/mol. The number of benzene rings is 1. The molecule has 8 heteroatoms. The van der Waals surface area contributed by atoms with E-state index in [0.29, 0.717) is 12.5 Å². The number of amides is 1. The molecule has 0 atom stereocenters. The Hall–Kier alpha value is -2.29. The van der Waals surface area contributed by atoms with Gasteiger partial charge in [-0.3, -0.25) is 9.78 Å². The number of anilines is 1. The summed E-state index contributed by atoms with van der Waals surface area (Å²) in [4.78, 5) is 21.8. The second-order valence-corrected chi connectivity index (χ2v) is 9.55. The Morgan fingerprint density at radius 1 is 1.19 bits per heavy atom. The van der Waals surface area contributed by atoms with Gasteiger partial charge in [-0.25, -0.2) is 4.31 Å². The van der Waals surface area contributed by atoms with Crippen molar-refractivity contribution in [2.24, 2.45) is 5.92 Å². The lowest BCUT2D eigenvalue weighted by atomic mass is 9.99. The predicted molar refractivity (Wildman–Crippen MR) is 129 cm³/mol. The smallest absolute Gasteiger partial charge is 0.248 e. The molecule has 1 aromatic heterocycles. The molecule has 7 nitrogen and oxygen atoms in total. The predicted octanol–water partition coefficient (Wildman–Crippen LogP) is 3.26. The van der Waals surface area contributed by atoms with Crippen LogP contribution in [0.2, 0.25) is 0 Å². The highest BCUT2D eigenvalue weighted by atomic mass is 32.2. The molecule has 0 aliphatic carbocycles. The SMILES string of the molecule is COc1cc(C)c(SN(C)CCOCC(=O)N(C)CC2CN(c3ccncc3)C2)c(C)c1. The Bertz CT molecular complexity index is 867. The fraction of sp³-hybridized carbons (Fsp3) is 0.500. The highest BCUT2D eigenvalue weighted by Crippen LogP contribution is 2.31. The summed E-state index contributed by atoms with van der Waals surface area (Å²) >= 11 is 1.69. The topological polar surface area (TPSA) is 58.1 Å². The molecule has 1 aliphatic heterocycles. The van der Waals surface area contributed by atoms with Gasteiger partial charge in [0.25, 0.3) is 0 Å². The zero-order chi connectivity index (χ0) is 23.1. The van der Waals surface area contributed by atoms with Crippen molar-refractivity contribution in [2.75, 3.05) is 65.5 Å². The van der Waals surface area contributed by atoms with Gasteiger partial charge in [-0.05, 0) is 68.2 Å². The second kappa shape index (κ2) is 11.5. The third-order valence-electron chi connectivity index (χ3n) is 5.64. The number of pyridine rings is 1. The average molecular weight is 459 g/mol. The standard InChI is InChI=1S/C24H34N4O3S/c1-18-12-22(30-5)13-19(2)24(18)32-27(4)10-11-31-17-23(29)26(3)14-20-15-28(16-20)21-6-8-25-9-7-21/h6-9,12-13,20H,10-11,14-17H2,1-5H3. The van der Waals surface area contributed by atoms with Crippen LogP contribution in [-0.2, 0) is 9.53 Å². The summed E-state index contributed by atoms with van der Waals surface area (Å²) in [6, 6.07) is 8.14. The fourth-order valence-corrected chi connectivity index (χ4v) is 4.66. The van der Waals surface area contributed by atoms with Crippen molar-refractivity contribution in [1.29, 1.82) is 0 Å². The van der Waals surface area contributed by atoms with Gasteiger partial charge in [0, 0.05) is 62.1 Å². The Kier molecular flexibility index (Phi) is 8.78. The largest absolute Gasteiger partial charge is 0.497 e. The quantitative estimate of drug-likeness (QED) is 0.378. The van der Waals surface area contributed by atoms with Crippen molar-refractivity contribution < 1.29 is 14.3 Å². The van der Waals surface area contributed by atoms with Crippen LogP contribution in [0.4, 0.5) is 5.69 Å². The number of hydrogen-bond donors (Lipinski definition) is 0. The van der Waals surface area contributed by atoms with Gasteiger partial charge in [0.05, 0.1) is 13.7 Å². The summed E-state index contributed by atoms with van der Waals surface area (Å²) < 4.78 is 13.1. The van der Waals surface area contributed by atoms with Gasteiger partial charge < -0.3 is 19.3 Å². The van der Waals surface area contributed by atoms with Gasteiger partial charge in [-0.1, -0.05) is 0 Å². The fourth-order valence-electron chi connectivity index (χ4n) is 3.78. The lowest BCUT2D eigenvalue weighted by molar-refractivity contribution is -0.135. The summed E-state index contributed by atoms with van der Waals surface area (Å²) in [7, 11) is 5.58. The maximum absolute atomic E-state index is 12.4. The summed E-state index contributed by atoms with van der Waals surface area (Å²) in [5, 5.41) is 0. The van der Waals surface area contributed by atoms with Gasteiger partial charge in [0.15, 0.2) is 0 Å². The number of nitrogens with zero attached hydrogens (tertiary/aromatic N) is 4. The van der Waals surface area contributed by atoms with Crippen LogP contribution in [0, 0.1) is 19.8 Å². The van der Waals surface area contributed by atoms with E-state index in [2.05, 4.69) is 28.0 Å². The second-order valence-electron chi connectivity index (χ2n) is 8.34. The number of ether oxygens (including phenoxy) is 2. The van der Waals surface area contributed by atoms with E-state index in [-0.39, 0.29) is 12.5 Å². The summed E-state index contributed by atoms with van der Waals surface area (Å²) in [6.45, 7) is 8.24. The number of aromatic nitrogens is 1. The number of aryl methyl sites for hydroxylation is 2. The number of methoxy groups -OCH3 is 1. The van der Waals surface area contributed by atoms with Gasteiger partial charge in [0.1, 0.15) is 12.4 Å². The van der Waals surface area contributed by atoms with E-state index in [0.717, 1.165) is 31.9 Å². The van der Waals surface area contributed by atoms with Crippen molar-refractivity contribution in [2.45, 2.75) is 18.7 Å². The minimum absolute atomic E-state index is 0.0320. The first kappa shape index (κ1) is 24.4. The molecule has 32 heavy (non-hydrogen) atoms. The molecule has 0 N–H and O–H groups in total. The first-order valence-corrected chi connectivity index (χ1v) is 11.7. The number of likely N-dealkylation sites (N-methyl/N-ethyl adjacent to an activating group) is 2. The summed E-state index contributed by atoms with van der Waals surface area (Å²) in [6.07, 6.45) is 3.62. The zero-order valence-electron chi connectivity index (χ0n) is 19.7. The van der Waals surface area contributed by atoms with E-state index in [1.807, 2.05) is 50.8 Å². The Morgan fingerprint density at radius 2 is 1.84 bits per heavy atom. The number of carbonyl (C=O) groups is 1. The number of carbonyl (C=O) groups excluding carboxylic acids is 1. The Labute approximate surface area is 195 Å². The van der Waals surface area contributed by atoms with Crippen molar-refractivity contribution in [3.05, 3.63) is 47.8 Å². The van der Waals surface area contributed by atoms with E-state index < -0.39 is 0 Å². The molecular formula is C24H34N4O3S. The Balaban J connectivity index is 1.32. The van der Waals surface area contributed by atoms with Crippen molar-refractivity contribution in [1.82, 2.24) is 14.2 Å². The van der Waals surface area contributed by atoms with Gasteiger partial charge in [-0.2, -0.15) is 0 Å². The number of hydrogen-bond acceptors (Lipinski definition) is 7. The van der Waals surface area contributed by atoms with E-state index in [9.17, 15) is 4.79 Å². The molecule has 3 rings (SSSR count). The molecule has 1 fully saturated rings. The highest BCUT2D eigenvalue weighted by molar-refractivity contribution is 7.97. The van der Waals surface area contributed by atoms with E-state index in [1.165, 1.54) is 21.7 Å². The molecule has 1 aliphatic rings. The third-order valence-corrected chi connectivity index (χ3v) is 6.96. The normalized spacial score (nSPS) is 13.9. The van der Waals surface area contributed by atoms with Crippen molar-refractivity contribution >= 4 is 23.5 Å². The zero-order valence-corrected chi connectivity index (χ0v) is 20.5. The summed E-state index contributed by atoms with van der Waals surface area (Å²) in [5.74, 6) is 1.41. The van der Waals surface area contributed by atoms with E-state index in [4.69, 9.17) is 9.47 Å². The van der Waals surface area contributed by atoms with Crippen LogP contribution >= 0.6 is 11.9 Å². The average Bonchev–Trinajstić information content (AvgIpc) is 2.76. The molecule has 0 saturated carbocycles. The molecule has 0 unspecified atom stereocenters. The molecule has 1 saturated heterocycles. The Morgan fingerprint density at radius 3 is 2.47 bits per heavy atom. The van der Waals surface area contributed by atoms with Crippen LogP contribution < -0.4 is 9.64 Å². The monoisotopic (exact) mass is 458 g/mol. The van der Waals surface area contributed by atoms with Gasteiger partial charge in [-0.15, -0.1) is 0 Å². The first-order chi connectivity index (χ1) is 15.4. The van der Waals surface area contributed by atoms with Crippen LogP contribution in [0.1, 0.15) is 11.1 Å². The maximum atomic E-state index is 12.4. The van der Waals surface area contributed by atoms with Crippen LogP contribution in [0.15, 0.2) is 41.6 Å². The lowest BCUT2D eigenvalue weighted by Gasteiger charge is -2.42. The minimum Gasteiger partial charge on any atom is -0.497 e. The van der Waals surface area contributed by atoms with Crippen LogP contribution in [0.5, 0.6) is 5.75 Å². The molecule has 1 amide bonds. The first-order valence-electron chi connectivity index (χ1n) is 10.9. The molecule has 0 bridgehead atoms. The third kappa shape index (κ3) is 6.60. The molecule has 2 aromatic rings. The van der Waals surface area contributed by atoms with Crippen LogP contribution in [0.3, 0.4) is 0 Å². The number of rotatable bonds is 11. The highest BCUT2D eigenvalue weighted by Gasteiger charge is 2.28. The van der Waals surface area contributed by atoms with E-state index in [1.54, 1.807) is 24.0 Å². The van der Waals surface area contributed by atoms with Crippen molar-refractivity contribution in [3.8, 4) is 5.75 Å². The van der Waals surface area contributed by atoms with Gasteiger partial charge >= 0.3 is 0 Å². The summed E-state index contributed by atoms with van der Waals surface area (Å²) in [5.41, 5.74) is 3.57. The van der Waals surface area contributed by atoms with Crippen LogP contribution in [0.25, 0.3) is 0 Å². The molecule has 1 aromatic carbocycles. The lowest BCUT2D eigenvalue weighted by Crippen LogP contribution is -2.52. The molecule has 0 spiro atoms. The molecule has 2 heterocycles. The van der Waals surface area contributed by atoms with E-state index >= 15 is 0 Å². The van der Waals surface area contributed by atoms with Crippen LogP contribution in [-0.4, -0.2) is 80.7 Å². The minimum atomic E-state index is 0.0320. The van der Waals surface area contributed by atoms with Crippen molar-refractivity contribution in [3.63, 3.8) is 0 Å².